The van der Waals surface area contributed by atoms with Crippen molar-refractivity contribution in [1.29, 1.82) is 0 Å². The van der Waals surface area contributed by atoms with E-state index < -0.39 is 0 Å². The Morgan fingerprint density at radius 2 is 1.53 bits per heavy atom. The molecular formula is C27H27ClN2O2. The summed E-state index contributed by atoms with van der Waals surface area (Å²) in [6, 6.07) is 26.7. The van der Waals surface area contributed by atoms with Crippen LogP contribution in [-0.4, -0.2) is 23.3 Å². The third-order valence-corrected chi connectivity index (χ3v) is 6.40. The van der Waals surface area contributed by atoms with Crippen molar-refractivity contribution in [3.8, 4) is 0 Å². The SMILES string of the molecule is C[C@H](NC(=O)[C@H]1CC[C@@H](c2ccccc2)N(C(=O)c2ccc(Cl)cc2)C1)c1ccccc1. The van der Waals surface area contributed by atoms with E-state index in [1.54, 1.807) is 24.3 Å². The van der Waals surface area contributed by atoms with Crippen molar-refractivity contribution in [2.45, 2.75) is 31.8 Å². The highest BCUT2D eigenvalue weighted by Crippen LogP contribution is 2.35. The average Bonchev–Trinajstić information content (AvgIpc) is 2.84. The largest absolute Gasteiger partial charge is 0.349 e. The van der Waals surface area contributed by atoms with Crippen LogP contribution in [0.1, 0.15) is 53.3 Å². The summed E-state index contributed by atoms with van der Waals surface area (Å²) < 4.78 is 0. The highest BCUT2D eigenvalue weighted by atomic mass is 35.5. The van der Waals surface area contributed by atoms with E-state index in [0.717, 1.165) is 24.0 Å². The summed E-state index contributed by atoms with van der Waals surface area (Å²) in [7, 11) is 0. The van der Waals surface area contributed by atoms with Crippen LogP contribution in [0.4, 0.5) is 0 Å². The van der Waals surface area contributed by atoms with Crippen molar-refractivity contribution in [2.24, 2.45) is 5.92 Å². The molecule has 1 aliphatic rings. The van der Waals surface area contributed by atoms with Gasteiger partial charge in [0.1, 0.15) is 0 Å². The van der Waals surface area contributed by atoms with E-state index in [2.05, 4.69) is 5.32 Å². The molecule has 0 spiro atoms. The van der Waals surface area contributed by atoms with Gasteiger partial charge in [-0.1, -0.05) is 72.3 Å². The van der Waals surface area contributed by atoms with E-state index in [4.69, 9.17) is 11.6 Å². The van der Waals surface area contributed by atoms with Crippen LogP contribution in [0.5, 0.6) is 0 Å². The molecule has 0 bridgehead atoms. The molecule has 32 heavy (non-hydrogen) atoms. The molecule has 2 amide bonds. The summed E-state index contributed by atoms with van der Waals surface area (Å²) in [6.07, 6.45) is 1.47. The number of nitrogens with zero attached hydrogens (tertiary/aromatic N) is 1. The summed E-state index contributed by atoms with van der Waals surface area (Å²) in [4.78, 5) is 28.4. The molecule has 3 aromatic rings. The van der Waals surface area contributed by atoms with Crippen LogP contribution in [0.15, 0.2) is 84.9 Å². The van der Waals surface area contributed by atoms with Gasteiger partial charge in [0.2, 0.25) is 5.91 Å². The highest BCUT2D eigenvalue weighted by molar-refractivity contribution is 6.30. The second-order valence-electron chi connectivity index (χ2n) is 8.31. The number of carbonyl (C=O) groups excluding carboxylic acids is 2. The van der Waals surface area contributed by atoms with E-state index in [0.29, 0.717) is 17.1 Å². The number of nitrogens with one attached hydrogen (secondary N) is 1. The third kappa shape index (κ3) is 5.03. The maximum Gasteiger partial charge on any atom is 0.254 e. The predicted octanol–water partition coefficient (Wildman–Crippen LogP) is 5.81. The van der Waals surface area contributed by atoms with Gasteiger partial charge in [0.05, 0.1) is 18.0 Å². The van der Waals surface area contributed by atoms with Crippen molar-refractivity contribution in [2.75, 3.05) is 6.54 Å². The minimum absolute atomic E-state index is 0.0122. The van der Waals surface area contributed by atoms with Gasteiger partial charge >= 0.3 is 0 Å². The number of carbonyl (C=O) groups is 2. The lowest BCUT2D eigenvalue weighted by Gasteiger charge is -2.40. The Morgan fingerprint density at radius 1 is 0.906 bits per heavy atom. The number of rotatable bonds is 5. The predicted molar refractivity (Wildman–Crippen MR) is 127 cm³/mol. The molecule has 0 radical (unpaired) electrons. The third-order valence-electron chi connectivity index (χ3n) is 6.15. The van der Waals surface area contributed by atoms with E-state index >= 15 is 0 Å². The second kappa shape index (κ2) is 10.0. The van der Waals surface area contributed by atoms with Gasteiger partial charge in [-0.25, -0.2) is 0 Å². The van der Waals surface area contributed by atoms with Gasteiger partial charge in [0.15, 0.2) is 0 Å². The molecule has 3 atom stereocenters. The maximum absolute atomic E-state index is 13.5. The van der Waals surface area contributed by atoms with Gasteiger partial charge < -0.3 is 10.2 Å². The molecule has 0 saturated carbocycles. The number of piperidine rings is 1. The Morgan fingerprint density at radius 3 is 2.19 bits per heavy atom. The first-order valence-electron chi connectivity index (χ1n) is 11.0. The van der Waals surface area contributed by atoms with Crippen LogP contribution < -0.4 is 5.32 Å². The Bertz CT molecular complexity index is 1050. The fourth-order valence-corrected chi connectivity index (χ4v) is 4.47. The minimum Gasteiger partial charge on any atom is -0.349 e. The van der Waals surface area contributed by atoms with E-state index in [-0.39, 0.29) is 29.8 Å². The Labute approximate surface area is 194 Å². The lowest BCUT2D eigenvalue weighted by Crippen LogP contribution is -2.47. The van der Waals surface area contributed by atoms with Crippen molar-refractivity contribution < 1.29 is 9.59 Å². The summed E-state index contributed by atoms with van der Waals surface area (Å²) in [6.45, 7) is 2.37. The number of hydrogen-bond acceptors (Lipinski definition) is 2. The highest BCUT2D eigenvalue weighted by Gasteiger charge is 2.36. The molecular weight excluding hydrogens is 420 g/mol. The number of halogens is 1. The Kier molecular flexibility index (Phi) is 6.91. The molecule has 0 aliphatic carbocycles. The monoisotopic (exact) mass is 446 g/mol. The molecule has 5 heteroatoms. The van der Waals surface area contributed by atoms with Gasteiger partial charge in [-0.2, -0.15) is 0 Å². The summed E-state index contributed by atoms with van der Waals surface area (Å²) in [5.74, 6) is -0.344. The number of likely N-dealkylation sites (tertiary alicyclic amines) is 1. The van der Waals surface area contributed by atoms with E-state index in [1.165, 1.54) is 0 Å². The van der Waals surface area contributed by atoms with Crippen molar-refractivity contribution in [3.05, 3.63) is 107 Å². The standard InChI is InChI=1S/C27H27ClN2O2/c1-19(20-8-4-2-5-9-20)29-26(31)23-14-17-25(21-10-6-3-7-11-21)30(18-23)27(32)22-12-15-24(28)16-13-22/h2-13,15-16,19,23,25H,14,17-18H2,1H3,(H,29,31)/t19-,23-,25-/m0/s1. The fraction of sp³-hybridized carbons (Fsp3) is 0.259. The molecule has 4 nitrogen and oxygen atoms in total. The van der Waals surface area contributed by atoms with Crippen LogP contribution in [0, 0.1) is 5.92 Å². The number of hydrogen-bond donors (Lipinski definition) is 1. The maximum atomic E-state index is 13.5. The van der Waals surface area contributed by atoms with Crippen molar-refractivity contribution in [1.82, 2.24) is 10.2 Å². The molecule has 0 unspecified atom stereocenters. The van der Waals surface area contributed by atoms with E-state index in [1.807, 2.05) is 72.5 Å². The summed E-state index contributed by atoms with van der Waals surface area (Å²) in [5.41, 5.74) is 2.73. The molecule has 0 aromatic heterocycles. The molecule has 164 valence electrons. The van der Waals surface area contributed by atoms with Crippen LogP contribution in [0.25, 0.3) is 0 Å². The molecule has 1 fully saturated rings. The van der Waals surface area contributed by atoms with Gasteiger partial charge in [0, 0.05) is 17.1 Å². The minimum atomic E-state index is -0.252. The molecule has 1 N–H and O–H groups in total. The smallest absolute Gasteiger partial charge is 0.254 e. The quantitative estimate of drug-likeness (QED) is 0.537. The van der Waals surface area contributed by atoms with Crippen molar-refractivity contribution >= 4 is 23.4 Å². The van der Waals surface area contributed by atoms with Crippen LogP contribution in [0.2, 0.25) is 5.02 Å². The van der Waals surface area contributed by atoms with Gasteiger partial charge in [-0.3, -0.25) is 9.59 Å². The summed E-state index contributed by atoms with van der Waals surface area (Å²) >= 11 is 6.01. The number of benzene rings is 3. The van der Waals surface area contributed by atoms with E-state index in [9.17, 15) is 9.59 Å². The lowest BCUT2D eigenvalue weighted by molar-refractivity contribution is -0.127. The number of amides is 2. The molecule has 1 saturated heterocycles. The Balaban J connectivity index is 1.54. The lowest BCUT2D eigenvalue weighted by atomic mass is 9.87. The van der Waals surface area contributed by atoms with Crippen molar-refractivity contribution in [3.63, 3.8) is 0 Å². The summed E-state index contributed by atoms with van der Waals surface area (Å²) in [5, 5.41) is 3.72. The van der Waals surface area contributed by atoms with Gasteiger partial charge in [0.25, 0.3) is 5.91 Å². The van der Waals surface area contributed by atoms with Crippen LogP contribution in [-0.2, 0) is 4.79 Å². The van der Waals surface area contributed by atoms with Gasteiger partial charge in [-0.05, 0) is 55.2 Å². The van der Waals surface area contributed by atoms with Crippen LogP contribution >= 0.6 is 11.6 Å². The molecule has 4 rings (SSSR count). The Hall–Kier alpha value is -3.11. The zero-order chi connectivity index (χ0) is 22.5. The first-order valence-corrected chi connectivity index (χ1v) is 11.4. The first-order chi connectivity index (χ1) is 15.5. The first kappa shape index (κ1) is 22.1. The molecule has 3 aromatic carbocycles. The normalized spacial score (nSPS) is 19.2. The average molecular weight is 447 g/mol. The topological polar surface area (TPSA) is 49.4 Å². The zero-order valence-electron chi connectivity index (χ0n) is 18.1. The zero-order valence-corrected chi connectivity index (χ0v) is 18.8. The molecule has 1 heterocycles. The molecule has 1 aliphatic heterocycles. The van der Waals surface area contributed by atoms with Crippen LogP contribution in [0.3, 0.4) is 0 Å². The second-order valence-corrected chi connectivity index (χ2v) is 8.74. The van der Waals surface area contributed by atoms with Gasteiger partial charge in [-0.15, -0.1) is 0 Å². The fourth-order valence-electron chi connectivity index (χ4n) is 4.35.